The topological polar surface area (TPSA) is 75.9 Å². The van der Waals surface area contributed by atoms with Crippen LogP contribution in [0.1, 0.15) is 66.7 Å². The van der Waals surface area contributed by atoms with Crippen molar-refractivity contribution in [2.75, 3.05) is 31.6 Å². The summed E-state index contributed by atoms with van der Waals surface area (Å²) in [5.41, 5.74) is 3.59. The maximum absolute atomic E-state index is 13.5. The molecule has 0 N–H and O–H groups in total. The lowest BCUT2D eigenvalue weighted by atomic mass is 9.89. The van der Waals surface area contributed by atoms with E-state index >= 15 is 0 Å². The van der Waals surface area contributed by atoms with E-state index < -0.39 is 0 Å². The quantitative estimate of drug-likeness (QED) is 0.394. The van der Waals surface area contributed by atoms with Gasteiger partial charge in [0, 0.05) is 37.0 Å². The number of ether oxygens (including phenoxy) is 1. The highest BCUT2D eigenvalue weighted by atomic mass is 16.5. The van der Waals surface area contributed by atoms with E-state index in [4.69, 9.17) is 19.9 Å². The molecule has 0 radical (unpaired) electrons. The minimum absolute atomic E-state index is 0.00360. The Hall–Kier alpha value is -3.68. The molecule has 2 aromatic heterocycles. The number of aryl methyl sites for hydroxylation is 1. The molecular weight excluding hydrogens is 464 g/mol. The number of carbonyl (C=O) groups is 1. The first kappa shape index (κ1) is 23.7. The molecule has 1 saturated carbocycles. The highest BCUT2D eigenvalue weighted by Gasteiger charge is 2.32. The lowest BCUT2D eigenvalue weighted by Gasteiger charge is -2.40. The number of nitrogens with zero attached hydrogens (tertiary/aromatic N) is 6. The third kappa shape index (κ3) is 4.18. The highest BCUT2D eigenvalue weighted by Crippen LogP contribution is 2.35. The van der Waals surface area contributed by atoms with Crippen LogP contribution in [0.4, 0.5) is 5.95 Å². The molecule has 3 heterocycles. The van der Waals surface area contributed by atoms with Crippen LogP contribution in [0, 0.1) is 6.92 Å². The van der Waals surface area contributed by atoms with Crippen molar-refractivity contribution >= 4 is 28.4 Å². The van der Waals surface area contributed by atoms with Crippen molar-refractivity contribution in [2.45, 2.75) is 57.9 Å². The molecule has 37 heavy (non-hydrogen) atoms. The van der Waals surface area contributed by atoms with Gasteiger partial charge in [0.25, 0.3) is 5.91 Å². The summed E-state index contributed by atoms with van der Waals surface area (Å²) in [6.45, 7) is 6.18. The number of piperazine rings is 1. The Morgan fingerprint density at radius 2 is 1.84 bits per heavy atom. The normalized spacial score (nSPS) is 19.1. The third-order valence-electron chi connectivity index (χ3n) is 7.98. The van der Waals surface area contributed by atoms with Crippen molar-refractivity contribution in [1.29, 1.82) is 0 Å². The monoisotopic (exact) mass is 498 g/mol. The second-order valence-electron chi connectivity index (χ2n) is 10.5. The lowest BCUT2D eigenvalue weighted by molar-refractivity contribution is 0.0669. The van der Waals surface area contributed by atoms with Gasteiger partial charge in [0.2, 0.25) is 5.95 Å². The van der Waals surface area contributed by atoms with Gasteiger partial charge in [-0.3, -0.25) is 4.79 Å². The van der Waals surface area contributed by atoms with E-state index in [-0.39, 0.29) is 11.9 Å². The van der Waals surface area contributed by atoms with Crippen LogP contribution in [0.15, 0.2) is 42.5 Å². The molecule has 0 bridgehead atoms. The van der Waals surface area contributed by atoms with Gasteiger partial charge in [-0.15, -0.1) is 10.2 Å². The second-order valence-corrected chi connectivity index (χ2v) is 10.5. The Balaban J connectivity index is 1.38. The average molecular weight is 499 g/mol. The fourth-order valence-corrected chi connectivity index (χ4v) is 6.01. The summed E-state index contributed by atoms with van der Waals surface area (Å²) < 4.78 is 7.67. The predicted molar refractivity (Wildman–Crippen MR) is 145 cm³/mol. The zero-order valence-electron chi connectivity index (χ0n) is 21.9. The SMILES string of the molecule is COc1ccccc1C(=O)N1CCN(c2nc3ccc(C)cc3c3nnc(C4CCCCC4)n23)CC1C. The van der Waals surface area contributed by atoms with Crippen LogP contribution in [0.3, 0.4) is 0 Å². The van der Waals surface area contributed by atoms with Crippen molar-refractivity contribution in [3.05, 3.63) is 59.4 Å². The molecule has 1 saturated heterocycles. The van der Waals surface area contributed by atoms with Crippen LogP contribution in [-0.2, 0) is 0 Å². The van der Waals surface area contributed by atoms with Gasteiger partial charge < -0.3 is 14.5 Å². The smallest absolute Gasteiger partial charge is 0.257 e. The summed E-state index contributed by atoms with van der Waals surface area (Å²) in [5.74, 6) is 2.92. The van der Waals surface area contributed by atoms with Gasteiger partial charge in [-0.05, 0) is 51.0 Å². The number of amides is 1. The number of fused-ring (bicyclic) bond motifs is 3. The van der Waals surface area contributed by atoms with Gasteiger partial charge in [-0.2, -0.15) is 0 Å². The number of benzene rings is 2. The number of anilines is 1. The van der Waals surface area contributed by atoms with Gasteiger partial charge >= 0.3 is 0 Å². The largest absolute Gasteiger partial charge is 0.496 e. The van der Waals surface area contributed by atoms with E-state index in [1.54, 1.807) is 7.11 Å². The minimum atomic E-state index is 0.00360. The molecule has 2 aliphatic rings. The molecule has 1 aliphatic carbocycles. The van der Waals surface area contributed by atoms with E-state index in [2.05, 4.69) is 41.3 Å². The fraction of sp³-hybridized carbons (Fsp3) is 0.448. The predicted octanol–water partition coefficient (Wildman–Crippen LogP) is 4.99. The summed E-state index contributed by atoms with van der Waals surface area (Å²) >= 11 is 0. The maximum Gasteiger partial charge on any atom is 0.257 e. The molecule has 1 unspecified atom stereocenters. The first-order valence-corrected chi connectivity index (χ1v) is 13.4. The van der Waals surface area contributed by atoms with Crippen molar-refractivity contribution in [1.82, 2.24) is 24.5 Å². The molecule has 4 aromatic rings. The summed E-state index contributed by atoms with van der Waals surface area (Å²) in [7, 11) is 1.61. The van der Waals surface area contributed by atoms with E-state index in [1.165, 1.54) is 24.8 Å². The maximum atomic E-state index is 13.5. The zero-order valence-corrected chi connectivity index (χ0v) is 21.9. The van der Waals surface area contributed by atoms with Crippen LogP contribution in [0.2, 0.25) is 0 Å². The Bertz CT molecular complexity index is 1460. The van der Waals surface area contributed by atoms with Crippen LogP contribution in [-0.4, -0.2) is 63.2 Å². The van der Waals surface area contributed by atoms with Gasteiger partial charge in [0.15, 0.2) is 5.65 Å². The molecule has 8 heteroatoms. The molecular formula is C29H34N6O2. The third-order valence-corrected chi connectivity index (χ3v) is 7.98. The molecule has 0 spiro atoms. The summed E-state index contributed by atoms with van der Waals surface area (Å²) in [4.78, 5) is 22.9. The van der Waals surface area contributed by atoms with Crippen LogP contribution in [0.25, 0.3) is 16.6 Å². The van der Waals surface area contributed by atoms with Crippen LogP contribution >= 0.6 is 0 Å². The van der Waals surface area contributed by atoms with Gasteiger partial charge in [0.1, 0.15) is 11.6 Å². The molecule has 192 valence electrons. The van der Waals surface area contributed by atoms with Crippen LogP contribution in [0.5, 0.6) is 5.75 Å². The van der Waals surface area contributed by atoms with Crippen molar-refractivity contribution in [3.8, 4) is 5.75 Å². The van der Waals surface area contributed by atoms with Crippen LogP contribution < -0.4 is 9.64 Å². The van der Waals surface area contributed by atoms with Crippen molar-refractivity contribution in [2.24, 2.45) is 0 Å². The molecule has 1 aliphatic heterocycles. The van der Waals surface area contributed by atoms with Gasteiger partial charge in [-0.1, -0.05) is 43.0 Å². The Morgan fingerprint density at radius 3 is 2.62 bits per heavy atom. The second kappa shape index (κ2) is 9.65. The molecule has 2 fully saturated rings. The van der Waals surface area contributed by atoms with Crippen molar-refractivity contribution < 1.29 is 9.53 Å². The Labute approximate surface area is 217 Å². The number of aromatic nitrogens is 4. The molecule has 6 rings (SSSR count). The number of para-hydroxylation sites is 1. The van der Waals surface area contributed by atoms with E-state index in [0.717, 1.165) is 41.2 Å². The minimum Gasteiger partial charge on any atom is -0.496 e. The molecule has 2 aromatic carbocycles. The summed E-state index contributed by atoms with van der Waals surface area (Å²) in [5, 5.41) is 10.5. The summed E-state index contributed by atoms with van der Waals surface area (Å²) in [6, 6.07) is 13.8. The molecule has 1 atom stereocenters. The average Bonchev–Trinajstić information content (AvgIpc) is 3.38. The van der Waals surface area contributed by atoms with Crippen molar-refractivity contribution in [3.63, 3.8) is 0 Å². The highest BCUT2D eigenvalue weighted by molar-refractivity contribution is 5.97. The standard InChI is InChI=1S/C29H34N6O2/c1-19-13-14-24-23(17-19)27-32-31-26(21-9-5-4-6-10-21)35(27)29(30-24)33-15-16-34(20(2)18-33)28(36)22-11-7-8-12-25(22)37-3/h7-8,11-14,17,20-21H,4-6,9-10,15-16,18H2,1-3H3. The number of hydrogen-bond acceptors (Lipinski definition) is 6. The van der Waals surface area contributed by atoms with Gasteiger partial charge in [-0.25, -0.2) is 9.38 Å². The fourth-order valence-electron chi connectivity index (χ4n) is 6.01. The van der Waals surface area contributed by atoms with E-state index in [1.807, 2.05) is 29.2 Å². The Kier molecular flexibility index (Phi) is 6.18. The zero-order chi connectivity index (χ0) is 25.5. The van der Waals surface area contributed by atoms with E-state index in [9.17, 15) is 4.79 Å². The number of methoxy groups -OCH3 is 1. The first-order chi connectivity index (χ1) is 18.0. The Morgan fingerprint density at radius 1 is 1.03 bits per heavy atom. The lowest BCUT2D eigenvalue weighted by Crippen LogP contribution is -2.54. The van der Waals surface area contributed by atoms with Gasteiger partial charge in [0.05, 0.1) is 18.2 Å². The molecule has 8 nitrogen and oxygen atoms in total. The number of rotatable bonds is 4. The number of hydrogen-bond donors (Lipinski definition) is 0. The summed E-state index contributed by atoms with van der Waals surface area (Å²) in [6.07, 6.45) is 6.04. The first-order valence-electron chi connectivity index (χ1n) is 13.4. The number of carbonyl (C=O) groups excluding carboxylic acids is 1. The van der Waals surface area contributed by atoms with E-state index in [0.29, 0.717) is 36.9 Å². The molecule has 1 amide bonds.